The second-order valence-electron chi connectivity index (χ2n) is 35.5. The number of hydrogen-bond acceptors (Lipinski definition) is 21. The number of rotatable bonds is 29. The third-order valence-electron chi connectivity index (χ3n) is 24.3. The lowest BCUT2D eigenvalue weighted by atomic mass is 9.84. The Hall–Kier alpha value is -12.6. The number of pyridine rings is 3. The van der Waals surface area contributed by atoms with E-state index in [2.05, 4.69) is 52.8 Å². The van der Waals surface area contributed by atoms with Crippen molar-refractivity contribution in [1.29, 1.82) is 0 Å². The normalized spacial score (nSPS) is 18.4. The van der Waals surface area contributed by atoms with Crippen LogP contribution in [0.5, 0.6) is 17.2 Å². The number of ether oxygens (including phenoxy) is 9. The van der Waals surface area contributed by atoms with Crippen LogP contribution in [0.2, 0.25) is 0 Å². The monoisotopic (exact) mass is 1810 g/mol. The fourth-order valence-corrected chi connectivity index (χ4v) is 16.9. The Bertz CT molecular complexity index is 5630. The zero-order valence-corrected chi connectivity index (χ0v) is 76.8. The molecule has 24 nitrogen and oxygen atoms in total. The highest BCUT2D eigenvalue weighted by atomic mass is 19.4. The van der Waals surface area contributed by atoms with Gasteiger partial charge in [0.05, 0.1) is 106 Å². The summed E-state index contributed by atoms with van der Waals surface area (Å²) in [7, 11) is 4.79. The van der Waals surface area contributed by atoms with Crippen molar-refractivity contribution in [3.63, 3.8) is 0 Å². The number of aromatic nitrogens is 3. The van der Waals surface area contributed by atoms with Crippen molar-refractivity contribution >= 4 is 53.6 Å². The van der Waals surface area contributed by atoms with E-state index in [1.165, 1.54) is 34.1 Å². The van der Waals surface area contributed by atoms with Crippen molar-refractivity contribution in [2.75, 3.05) is 88.5 Å². The number of aryl methyl sites for hydroxylation is 4. The first-order valence-corrected chi connectivity index (χ1v) is 44.5. The summed E-state index contributed by atoms with van der Waals surface area (Å²) in [5, 5.41) is 0. The number of esters is 3. The number of carbonyl (C=O) groups is 6. The second-order valence-corrected chi connectivity index (χ2v) is 35.5. The molecule has 0 aliphatic carbocycles. The van der Waals surface area contributed by atoms with Gasteiger partial charge in [0.15, 0.2) is 0 Å². The summed E-state index contributed by atoms with van der Waals surface area (Å²) in [4.78, 5) is 103. The number of alkyl halides is 6. The highest BCUT2D eigenvalue weighted by molar-refractivity contribution is 5.81. The molecule has 0 N–H and O–H groups in total. The maximum absolute atomic E-state index is 13.5. The molecule has 15 rings (SSSR count). The molecular weight excluding hydrogens is 1690 g/mol. The molecule has 131 heavy (non-hydrogen) atoms. The minimum atomic E-state index is -4.52. The van der Waals surface area contributed by atoms with Gasteiger partial charge in [-0.05, 0) is 252 Å². The van der Waals surface area contributed by atoms with E-state index in [1.807, 2.05) is 133 Å². The van der Waals surface area contributed by atoms with Crippen LogP contribution in [0.15, 0.2) is 158 Å². The summed E-state index contributed by atoms with van der Waals surface area (Å²) in [5.74, 6) is 3.53. The molecule has 6 atom stereocenters. The Kier molecular flexibility index (Phi) is 29.9. The standard InChI is InChI=1S/C36H42F3N3O5.C33H39N3O5.C32H34F3N3O5/c1-22-31(24-10-8-11-25(19-24)36(37,38)39)46-33(44)42(22)21-28-26(13-15-30(40-28)41-16-9-17-41)27-18-23(12-14-29(27)45-7)20-35(5,6)32(43)47-34(2,3)4;1-6-40-31(37)13-9-24-8-11-29(39-5)27(19-24)26-10-12-30(35-14-7-15-35)34-28(26)20-36-23(4)32(41-33(36)38)25-17-21(2)16-22(3)18-25;1-4-42-29(39)14-10-21-9-12-27(41-3)25(17-21)24-11-13-28(37-15-6-16-37)36-26(24)19-38-20(2)30(43-31(38)40)22-7-5-8-23(18-22)32(33,34)35/h8,10-15,18-19,22,31H,9,16-17,20-21H2,1-7H3;8,10-12,16-19,23,32H,6-7,9,13-15,20H2,1-5H3;5,7-9,11-13,17-18,20,30H,4,6,10,14-16,19H2,1-3H3/t22-,31-;23-,32-;20-,30-/m000/s1. The molecule has 6 fully saturated rings. The molecule has 3 amide bonds. The van der Waals surface area contributed by atoms with Gasteiger partial charge in [0.1, 0.15) is 58.6 Å². The lowest BCUT2D eigenvalue weighted by Gasteiger charge is -2.33. The van der Waals surface area contributed by atoms with Gasteiger partial charge in [-0.25, -0.2) is 29.3 Å². The SMILES string of the molecule is CCOC(=O)CCc1ccc(OC)c(-c2ccc(N3CCC3)nc2CN2C(=O)O[C@H](c3cc(C)cc(C)c3)[C@@H]2C)c1.CCOC(=O)CCc1ccc(OC)c(-c2ccc(N3CCC3)nc2CN2C(=O)O[C@H](c3cccc(C(F)(F)F)c3)[C@@H]2C)c1.COc1ccc(CC(C)(C)C(=O)OC(C)(C)C)cc1-c1ccc(N2CCC2)nc1CN1C(=O)O[C@H](c2cccc(C(F)(F)F)c2)[C@@H]1C. The van der Waals surface area contributed by atoms with Crippen LogP contribution in [-0.2, 0) is 94.1 Å². The van der Waals surface area contributed by atoms with Crippen LogP contribution in [0.1, 0.15) is 192 Å². The Morgan fingerprint density at radius 1 is 0.420 bits per heavy atom. The van der Waals surface area contributed by atoms with E-state index in [-0.39, 0.29) is 66.8 Å². The Morgan fingerprint density at radius 3 is 1.07 bits per heavy atom. The molecule has 0 bridgehead atoms. The molecule has 30 heteroatoms. The zero-order valence-electron chi connectivity index (χ0n) is 76.8. The van der Waals surface area contributed by atoms with Crippen LogP contribution in [-0.4, -0.2) is 163 Å². The predicted octanol–water partition coefficient (Wildman–Crippen LogP) is 20.7. The summed E-state index contributed by atoms with van der Waals surface area (Å²) in [6.45, 7) is 29.0. The molecule has 9 aromatic rings. The van der Waals surface area contributed by atoms with Gasteiger partial charge < -0.3 is 57.3 Å². The summed E-state index contributed by atoms with van der Waals surface area (Å²) in [6.07, 6.45) is -7.56. The van der Waals surface area contributed by atoms with Crippen molar-refractivity contribution in [2.45, 2.75) is 208 Å². The van der Waals surface area contributed by atoms with Crippen LogP contribution in [0.4, 0.5) is 58.2 Å². The van der Waals surface area contributed by atoms with Crippen molar-refractivity contribution in [3.05, 3.63) is 230 Å². The maximum Gasteiger partial charge on any atom is 0.416 e. The number of hydrogen-bond donors (Lipinski definition) is 0. The number of carbonyl (C=O) groups excluding carboxylic acids is 6. The van der Waals surface area contributed by atoms with Crippen molar-refractivity contribution in [1.82, 2.24) is 29.7 Å². The fourth-order valence-electron chi connectivity index (χ4n) is 16.9. The van der Waals surface area contributed by atoms with E-state index < -0.39 is 71.0 Å². The van der Waals surface area contributed by atoms with Crippen LogP contribution in [0.25, 0.3) is 33.4 Å². The Morgan fingerprint density at radius 2 is 0.756 bits per heavy atom. The molecule has 0 spiro atoms. The first-order valence-electron chi connectivity index (χ1n) is 44.5. The molecule has 696 valence electrons. The number of methoxy groups -OCH3 is 3. The number of anilines is 3. The van der Waals surface area contributed by atoms with Crippen LogP contribution in [0, 0.1) is 19.3 Å². The predicted molar refractivity (Wildman–Crippen MR) is 484 cm³/mol. The van der Waals surface area contributed by atoms with E-state index in [0.717, 1.165) is 173 Å². The molecule has 0 saturated carbocycles. The average molecular weight is 1810 g/mol. The highest BCUT2D eigenvalue weighted by Crippen LogP contribution is 2.46. The van der Waals surface area contributed by atoms with E-state index >= 15 is 0 Å². The highest BCUT2D eigenvalue weighted by Gasteiger charge is 2.46. The van der Waals surface area contributed by atoms with Crippen LogP contribution in [0.3, 0.4) is 0 Å². The quantitative estimate of drug-likeness (QED) is 0.0240. The lowest BCUT2D eigenvalue weighted by Crippen LogP contribution is -2.38. The van der Waals surface area contributed by atoms with Gasteiger partial charge in [0.25, 0.3) is 0 Å². The molecule has 6 saturated heterocycles. The van der Waals surface area contributed by atoms with Gasteiger partial charge in [-0.15, -0.1) is 0 Å². The summed E-state index contributed by atoms with van der Waals surface area (Å²) in [6, 6.07) is 43.9. The third-order valence-corrected chi connectivity index (χ3v) is 24.3. The summed E-state index contributed by atoms with van der Waals surface area (Å²) < 4.78 is 131. The first kappa shape index (κ1) is 95.9. The van der Waals surface area contributed by atoms with E-state index in [1.54, 1.807) is 47.0 Å². The van der Waals surface area contributed by atoms with Gasteiger partial charge in [-0.1, -0.05) is 71.8 Å². The number of nitrogens with zero attached hydrogens (tertiary/aromatic N) is 9. The molecular formula is C101H115F6N9O15. The van der Waals surface area contributed by atoms with Crippen molar-refractivity contribution < 1.29 is 97.7 Å². The topological polar surface area (TPSA) is 244 Å². The number of amides is 3. The van der Waals surface area contributed by atoms with Crippen molar-refractivity contribution in [3.8, 4) is 50.6 Å². The van der Waals surface area contributed by atoms with Gasteiger partial charge in [-0.3, -0.25) is 29.1 Å². The van der Waals surface area contributed by atoms with Gasteiger partial charge in [0.2, 0.25) is 0 Å². The molecule has 6 aromatic carbocycles. The minimum absolute atomic E-state index is 0.0588. The number of benzene rings is 6. The molecule has 9 heterocycles. The average Bonchev–Trinajstić information content (AvgIpc) is 1.77. The third kappa shape index (κ3) is 22.9. The van der Waals surface area contributed by atoms with E-state index in [4.69, 9.17) is 57.6 Å². The fraction of sp³-hybridized carbons (Fsp3) is 0.436. The summed E-state index contributed by atoms with van der Waals surface area (Å²) >= 11 is 0. The van der Waals surface area contributed by atoms with Crippen LogP contribution >= 0.6 is 0 Å². The van der Waals surface area contributed by atoms with E-state index in [9.17, 15) is 55.1 Å². The second kappa shape index (κ2) is 40.8. The van der Waals surface area contributed by atoms with Gasteiger partial charge >= 0.3 is 48.5 Å². The molecule has 6 aliphatic rings. The number of cyclic esters (lactones) is 3. The Labute approximate surface area is 760 Å². The largest absolute Gasteiger partial charge is 0.496 e. The molecule has 0 radical (unpaired) electrons. The molecule has 3 aromatic heterocycles. The molecule has 0 unspecified atom stereocenters. The lowest BCUT2D eigenvalue weighted by molar-refractivity contribution is -0.165. The van der Waals surface area contributed by atoms with E-state index in [0.29, 0.717) is 74.1 Å². The van der Waals surface area contributed by atoms with Crippen LogP contribution < -0.4 is 28.9 Å². The van der Waals surface area contributed by atoms with Gasteiger partial charge in [-0.2, -0.15) is 26.3 Å². The minimum Gasteiger partial charge on any atom is -0.496 e. The van der Waals surface area contributed by atoms with Crippen molar-refractivity contribution in [2.24, 2.45) is 5.41 Å². The first-order chi connectivity index (χ1) is 62.3. The molecule has 6 aliphatic heterocycles. The number of halogens is 6. The Balaban J connectivity index is 0.000000168. The maximum atomic E-state index is 13.5. The van der Waals surface area contributed by atoms with Gasteiger partial charge in [0, 0.05) is 85.5 Å². The summed E-state index contributed by atoms with van der Waals surface area (Å²) in [5.41, 5.74) is 10.3. The smallest absolute Gasteiger partial charge is 0.416 e. The zero-order chi connectivity index (χ0) is 94.1.